The molecule has 5 heteroatoms. The Labute approximate surface area is 232 Å². The fourth-order valence-electron chi connectivity index (χ4n) is 5.52. The summed E-state index contributed by atoms with van der Waals surface area (Å²) >= 11 is 0. The SMILES string of the molecule is CCc1ccc(C(=O)CCCN2CCC(C(O)(c3ccccc3)c3ccccc3)CC2)c(OC(=O)C(C)C)c1. The highest BCUT2D eigenvalue weighted by Gasteiger charge is 2.41. The van der Waals surface area contributed by atoms with E-state index in [0.717, 1.165) is 62.0 Å². The average molecular weight is 528 g/mol. The maximum Gasteiger partial charge on any atom is 0.313 e. The molecule has 0 amide bonds. The summed E-state index contributed by atoms with van der Waals surface area (Å²) in [5.74, 6) is -0.106. The van der Waals surface area contributed by atoms with Gasteiger partial charge in [0.25, 0.3) is 0 Å². The summed E-state index contributed by atoms with van der Waals surface area (Å²) in [7, 11) is 0. The molecule has 0 spiro atoms. The fourth-order valence-corrected chi connectivity index (χ4v) is 5.52. The molecule has 3 aromatic carbocycles. The van der Waals surface area contributed by atoms with Crippen LogP contribution in [0.25, 0.3) is 0 Å². The van der Waals surface area contributed by atoms with Gasteiger partial charge in [0.15, 0.2) is 5.78 Å². The molecule has 1 fully saturated rings. The van der Waals surface area contributed by atoms with Crippen LogP contribution in [-0.2, 0) is 16.8 Å². The Balaban J connectivity index is 1.36. The largest absolute Gasteiger partial charge is 0.426 e. The van der Waals surface area contributed by atoms with Gasteiger partial charge < -0.3 is 14.7 Å². The van der Waals surface area contributed by atoms with Crippen molar-refractivity contribution in [3.63, 3.8) is 0 Å². The van der Waals surface area contributed by atoms with Crippen LogP contribution in [0.15, 0.2) is 78.9 Å². The van der Waals surface area contributed by atoms with Gasteiger partial charge in [-0.05, 0) is 80.1 Å². The normalized spacial score (nSPS) is 14.9. The van der Waals surface area contributed by atoms with E-state index >= 15 is 0 Å². The van der Waals surface area contributed by atoms with Crippen molar-refractivity contribution in [2.75, 3.05) is 19.6 Å². The number of likely N-dealkylation sites (tertiary alicyclic amines) is 1. The molecule has 1 aliphatic rings. The Kier molecular flexibility index (Phi) is 9.71. The molecule has 0 atom stereocenters. The van der Waals surface area contributed by atoms with Crippen molar-refractivity contribution >= 4 is 11.8 Å². The van der Waals surface area contributed by atoms with E-state index < -0.39 is 5.60 Å². The summed E-state index contributed by atoms with van der Waals surface area (Å²) in [4.78, 5) is 27.7. The van der Waals surface area contributed by atoms with Crippen molar-refractivity contribution in [2.45, 2.75) is 58.5 Å². The first-order valence-corrected chi connectivity index (χ1v) is 14.3. The Morgan fingerprint density at radius 2 is 1.54 bits per heavy atom. The van der Waals surface area contributed by atoms with Gasteiger partial charge in [-0.1, -0.05) is 87.5 Å². The zero-order valence-corrected chi connectivity index (χ0v) is 23.4. The number of piperidine rings is 1. The lowest BCUT2D eigenvalue weighted by molar-refractivity contribution is -0.137. The molecule has 39 heavy (non-hydrogen) atoms. The van der Waals surface area contributed by atoms with Crippen molar-refractivity contribution in [2.24, 2.45) is 11.8 Å². The second kappa shape index (κ2) is 13.2. The maximum atomic E-state index is 13.1. The first kappa shape index (κ1) is 28.7. The van der Waals surface area contributed by atoms with Crippen molar-refractivity contribution < 1.29 is 19.4 Å². The number of esters is 1. The van der Waals surface area contributed by atoms with Crippen LogP contribution in [0.2, 0.25) is 0 Å². The van der Waals surface area contributed by atoms with Gasteiger partial charge in [-0.25, -0.2) is 0 Å². The highest BCUT2D eigenvalue weighted by molar-refractivity contribution is 5.99. The summed E-state index contributed by atoms with van der Waals surface area (Å²) in [6, 6.07) is 25.5. The highest BCUT2D eigenvalue weighted by atomic mass is 16.5. The van der Waals surface area contributed by atoms with Gasteiger partial charge in [-0.3, -0.25) is 9.59 Å². The molecule has 1 heterocycles. The third-order valence-electron chi connectivity index (χ3n) is 7.92. The first-order valence-electron chi connectivity index (χ1n) is 14.3. The number of nitrogens with zero attached hydrogens (tertiary/aromatic N) is 1. The predicted molar refractivity (Wildman–Crippen MR) is 155 cm³/mol. The number of benzene rings is 3. The summed E-state index contributed by atoms with van der Waals surface area (Å²) in [5.41, 5.74) is 2.35. The molecule has 1 N–H and O–H groups in total. The Morgan fingerprint density at radius 1 is 0.949 bits per heavy atom. The Morgan fingerprint density at radius 3 is 2.08 bits per heavy atom. The van der Waals surface area contributed by atoms with Crippen molar-refractivity contribution in [3.8, 4) is 5.75 Å². The molecule has 0 aromatic heterocycles. The van der Waals surface area contributed by atoms with E-state index in [-0.39, 0.29) is 23.6 Å². The number of aliphatic hydroxyl groups is 1. The van der Waals surface area contributed by atoms with E-state index in [4.69, 9.17) is 4.74 Å². The summed E-state index contributed by atoms with van der Waals surface area (Å²) < 4.78 is 5.59. The molecule has 1 aliphatic heterocycles. The number of rotatable bonds is 11. The number of aryl methyl sites for hydroxylation is 1. The number of hydrogen-bond donors (Lipinski definition) is 1. The van der Waals surface area contributed by atoms with Crippen LogP contribution in [0.4, 0.5) is 0 Å². The molecule has 4 rings (SSSR count). The van der Waals surface area contributed by atoms with Gasteiger partial charge in [0, 0.05) is 6.42 Å². The van der Waals surface area contributed by atoms with Gasteiger partial charge in [0.05, 0.1) is 11.5 Å². The van der Waals surface area contributed by atoms with Gasteiger partial charge in [0.2, 0.25) is 0 Å². The fraction of sp³-hybridized carbons (Fsp3) is 0.412. The summed E-state index contributed by atoms with van der Waals surface area (Å²) in [5, 5.41) is 12.1. The average Bonchev–Trinajstić information content (AvgIpc) is 2.97. The second-order valence-corrected chi connectivity index (χ2v) is 10.9. The van der Waals surface area contributed by atoms with Crippen LogP contribution < -0.4 is 4.74 Å². The molecular formula is C34H41NO4. The van der Waals surface area contributed by atoms with E-state index in [1.54, 1.807) is 19.9 Å². The quantitative estimate of drug-likeness (QED) is 0.177. The second-order valence-electron chi connectivity index (χ2n) is 10.9. The van der Waals surface area contributed by atoms with Gasteiger partial charge in [0.1, 0.15) is 11.4 Å². The van der Waals surface area contributed by atoms with Gasteiger partial charge >= 0.3 is 5.97 Å². The van der Waals surface area contributed by atoms with E-state index in [9.17, 15) is 14.7 Å². The number of ether oxygens (including phenoxy) is 1. The van der Waals surface area contributed by atoms with E-state index in [1.807, 2.05) is 79.7 Å². The molecule has 0 radical (unpaired) electrons. The zero-order valence-electron chi connectivity index (χ0n) is 23.4. The molecule has 5 nitrogen and oxygen atoms in total. The predicted octanol–water partition coefficient (Wildman–Crippen LogP) is 6.42. The van der Waals surface area contributed by atoms with Crippen molar-refractivity contribution in [1.29, 1.82) is 0 Å². The zero-order chi connectivity index (χ0) is 27.8. The topological polar surface area (TPSA) is 66.8 Å². The molecular weight excluding hydrogens is 486 g/mol. The molecule has 0 saturated carbocycles. The van der Waals surface area contributed by atoms with Crippen LogP contribution in [-0.4, -0.2) is 41.4 Å². The third kappa shape index (κ3) is 6.84. The first-order chi connectivity index (χ1) is 18.8. The van der Waals surface area contributed by atoms with Crippen molar-refractivity contribution in [3.05, 3.63) is 101 Å². The number of carbonyl (C=O) groups excluding carboxylic acids is 2. The molecule has 206 valence electrons. The minimum absolute atomic E-state index is 0.00151. The van der Waals surface area contributed by atoms with Gasteiger partial charge in [-0.2, -0.15) is 0 Å². The smallest absolute Gasteiger partial charge is 0.313 e. The number of ketones is 1. The van der Waals surface area contributed by atoms with Crippen molar-refractivity contribution in [1.82, 2.24) is 4.90 Å². The van der Waals surface area contributed by atoms with E-state index in [2.05, 4.69) is 4.90 Å². The Hall–Kier alpha value is -3.28. The minimum Gasteiger partial charge on any atom is -0.426 e. The van der Waals surface area contributed by atoms with Gasteiger partial charge in [-0.15, -0.1) is 0 Å². The van der Waals surface area contributed by atoms with E-state index in [0.29, 0.717) is 17.7 Å². The van der Waals surface area contributed by atoms with Crippen LogP contribution in [0.5, 0.6) is 5.75 Å². The van der Waals surface area contributed by atoms with Crippen LogP contribution in [0.3, 0.4) is 0 Å². The molecule has 0 aliphatic carbocycles. The van der Waals surface area contributed by atoms with Crippen LogP contribution in [0.1, 0.15) is 73.5 Å². The maximum absolute atomic E-state index is 13.1. The molecule has 0 bridgehead atoms. The summed E-state index contributed by atoms with van der Waals surface area (Å²) in [6.07, 6.45) is 3.69. The number of Topliss-reactive ketones (excluding diaryl/α,β-unsaturated/α-hetero) is 1. The lowest BCUT2D eigenvalue weighted by Crippen LogP contribution is -2.44. The van der Waals surface area contributed by atoms with Crippen LogP contribution in [0, 0.1) is 11.8 Å². The standard InChI is InChI=1S/C34H41NO4/c1-4-26-17-18-30(32(24-26)39-33(37)25(2)3)31(36)16-11-21-35-22-19-29(20-23-35)34(38,27-12-7-5-8-13-27)28-14-9-6-10-15-28/h5-10,12-15,17-18,24-25,29,38H,4,11,16,19-23H2,1-3H3. The summed E-state index contributed by atoms with van der Waals surface area (Å²) in [6.45, 7) is 8.19. The monoisotopic (exact) mass is 527 g/mol. The number of hydrogen-bond acceptors (Lipinski definition) is 5. The molecule has 1 saturated heterocycles. The lowest BCUT2D eigenvalue weighted by atomic mass is 9.72. The Bertz CT molecular complexity index is 1190. The molecule has 0 unspecified atom stereocenters. The third-order valence-corrected chi connectivity index (χ3v) is 7.92. The highest BCUT2D eigenvalue weighted by Crippen LogP contribution is 2.42. The van der Waals surface area contributed by atoms with E-state index in [1.165, 1.54) is 0 Å². The molecule has 3 aromatic rings. The van der Waals surface area contributed by atoms with Crippen LogP contribution >= 0.6 is 0 Å². The minimum atomic E-state index is -1.03. The number of carbonyl (C=O) groups is 2. The lowest BCUT2D eigenvalue weighted by Gasteiger charge is -2.42.